The number of non-ortho nitro benzene ring substituents is 1. The van der Waals surface area contributed by atoms with Crippen LogP contribution in [0, 0.1) is 10.1 Å². The van der Waals surface area contributed by atoms with E-state index in [2.05, 4.69) is 4.72 Å². The van der Waals surface area contributed by atoms with E-state index in [4.69, 9.17) is 23.7 Å². The van der Waals surface area contributed by atoms with E-state index >= 15 is 0 Å². The number of rotatable bonds is 11. The molecule has 37 heavy (non-hydrogen) atoms. The van der Waals surface area contributed by atoms with E-state index in [9.17, 15) is 18.5 Å². The zero-order valence-electron chi connectivity index (χ0n) is 20.8. The van der Waals surface area contributed by atoms with Gasteiger partial charge in [-0.05, 0) is 47.5 Å². The summed E-state index contributed by atoms with van der Waals surface area (Å²) in [7, 11) is 3.25. The van der Waals surface area contributed by atoms with Crippen LogP contribution in [0.3, 0.4) is 0 Å². The van der Waals surface area contributed by atoms with E-state index < -0.39 is 14.9 Å². The highest BCUT2D eigenvalue weighted by Gasteiger charge is 2.21. The van der Waals surface area contributed by atoms with Gasteiger partial charge >= 0.3 is 0 Å². The molecule has 1 N–H and O–H groups in total. The smallest absolute Gasteiger partial charge is 0.269 e. The normalized spacial score (nSPS) is 11.2. The molecule has 3 aromatic rings. The molecule has 196 valence electrons. The first-order chi connectivity index (χ1) is 17.7. The third-order valence-electron chi connectivity index (χ3n) is 5.26. The molecule has 0 aliphatic rings. The number of nitro benzene ring substituents is 1. The van der Waals surface area contributed by atoms with E-state index in [0.29, 0.717) is 22.8 Å². The number of hydrogen-bond acceptors (Lipinski definition) is 9. The Bertz CT molecular complexity index is 1390. The summed E-state index contributed by atoms with van der Waals surface area (Å²) in [6.07, 6.45) is 3.52. The van der Waals surface area contributed by atoms with Gasteiger partial charge in [-0.15, -0.1) is 0 Å². The second kappa shape index (κ2) is 11.5. The lowest BCUT2D eigenvalue weighted by Crippen LogP contribution is -2.14. The molecule has 0 atom stereocenters. The predicted molar refractivity (Wildman–Crippen MR) is 138 cm³/mol. The van der Waals surface area contributed by atoms with Crippen molar-refractivity contribution < 1.29 is 37.0 Å². The number of nitro groups is 1. The van der Waals surface area contributed by atoms with Gasteiger partial charge in [0.1, 0.15) is 0 Å². The van der Waals surface area contributed by atoms with Crippen LogP contribution in [0.25, 0.3) is 12.2 Å². The van der Waals surface area contributed by atoms with Gasteiger partial charge in [0.25, 0.3) is 15.7 Å². The van der Waals surface area contributed by atoms with Gasteiger partial charge in [0.05, 0.1) is 51.1 Å². The van der Waals surface area contributed by atoms with E-state index in [1.54, 1.807) is 36.4 Å². The Hall–Kier alpha value is -4.45. The van der Waals surface area contributed by atoms with Gasteiger partial charge in [-0.3, -0.25) is 14.8 Å². The monoisotopic (exact) mass is 530 g/mol. The molecular formula is C25H26N2O9S. The highest BCUT2D eigenvalue weighted by Crippen LogP contribution is 2.40. The van der Waals surface area contributed by atoms with Crippen LogP contribution in [-0.2, 0) is 10.0 Å². The van der Waals surface area contributed by atoms with Crippen molar-refractivity contribution >= 4 is 33.6 Å². The molecule has 11 nitrogen and oxygen atoms in total. The number of nitrogens with zero attached hydrogens (tertiary/aromatic N) is 1. The number of ether oxygens (including phenoxy) is 5. The molecule has 0 spiro atoms. The van der Waals surface area contributed by atoms with Crippen LogP contribution >= 0.6 is 0 Å². The van der Waals surface area contributed by atoms with E-state index in [1.165, 1.54) is 35.5 Å². The number of hydrogen-bond donors (Lipinski definition) is 1. The van der Waals surface area contributed by atoms with Gasteiger partial charge in [-0.25, -0.2) is 8.42 Å². The van der Waals surface area contributed by atoms with Crippen LogP contribution in [0.4, 0.5) is 11.4 Å². The highest BCUT2D eigenvalue weighted by atomic mass is 32.2. The molecular weight excluding hydrogens is 504 g/mol. The Morgan fingerprint density at radius 2 is 1.19 bits per heavy atom. The number of anilines is 1. The molecule has 0 unspecified atom stereocenters. The summed E-state index contributed by atoms with van der Waals surface area (Å²) in [5.74, 6) is 1.86. The zero-order chi connectivity index (χ0) is 27.2. The average Bonchev–Trinajstić information content (AvgIpc) is 2.90. The van der Waals surface area contributed by atoms with Crippen LogP contribution in [-0.4, -0.2) is 48.9 Å². The molecule has 0 aliphatic carbocycles. The van der Waals surface area contributed by atoms with Crippen molar-refractivity contribution in [2.24, 2.45) is 0 Å². The molecule has 12 heteroatoms. The van der Waals surface area contributed by atoms with Gasteiger partial charge in [0, 0.05) is 12.1 Å². The maximum atomic E-state index is 13.0. The van der Waals surface area contributed by atoms with Crippen molar-refractivity contribution in [1.29, 1.82) is 0 Å². The topological polar surface area (TPSA) is 135 Å². The fraction of sp³-hybridized carbons (Fsp3) is 0.200. The molecule has 0 saturated heterocycles. The molecule has 0 aromatic heterocycles. The number of sulfonamides is 1. The Balaban J connectivity index is 2.01. The van der Waals surface area contributed by atoms with Crippen LogP contribution in [0.1, 0.15) is 11.1 Å². The minimum Gasteiger partial charge on any atom is -0.493 e. The van der Waals surface area contributed by atoms with Crippen molar-refractivity contribution in [2.75, 3.05) is 40.3 Å². The molecule has 0 saturated carbocycles. The molecule has 3 aromatic carbocycles. The Morgan fingerprint density at radius 1 is 0.730 bits per heavy atom. The van der Waals surface area contributed by atoms with Crippen molar-refractivity contribution in [3.63, 3.8) is 0 Å². The number of nitrogens with one attached hydrogen (secondary N) is 1. The largest absolute Gasteiger partial charge is 0.493 e. The first kappa shape index (κ1) is 27.1. The molecule has 0 radical (unpaired) electrons. The minimum atomic E-state index is -4.10. The third kappa shape index (κ3) is 6.04. The summed E-state index contributed by atoms with van der Waals surface area (Å²) in [5, 5.41) is 10.9. The summed E-state index contributed by atoms with van der Waals surface area (Å²) in [5.41, 5.74) is 1.21. The maximum absolute atomic E-state index is 13.0. The van der Waals surface area contributed by atoms with Crippen molar-refractivity contribution in [3.05, 3.63) is 69.8 Å². The Morgan fingerprint density at radius 3 is 1.62 bits per heavy atom. The zero-order valence-corrected chi connectivity index (χ0v) is 21.6. The lowest BCUT2D eigenvalue weighted by Gasteiger charge is -2.16. The van der Waals surface area contributed by atoms with E-state index in [0.717, 1.165) is 29.8 Å². The van der Waals surface area contributed by atoms with E-state index in [1.807, 2.05) is 0 Å². The highest BCUT2D eigenvalue weighted by molar-refractivity contribution is 7.92. The van der Waals surface area contributed by atoms with Crippen LogP contribution in [0.5, 0.6) is 28.7 Å². The van der Waals surface area contributed by atoms with Crippen LogP contribution < -0.4 is 28.4 Å². The predicted octanol–water partition coefficient (Wildman–Crippen LogP) is 4.61. The molecule has 3 rings (SSSR count). The summed E-state index contributed by atoms with van der Waals surface area (Å²) in [6, 6.07) is 11.3. The number of methoxy groups -OCH3 is 5. The third-order valence-corrected chi connectivity index (χ3v) is 6.64. The van der Waals surface area contributed by atoms with Crippen molar-refractivity contribution in [3.8, 4) is 28.7 Å². The molecule has 0 bridgehead atoms. The summed E-state index contributed by atoms with van der Waals surface area (Å²) < 4.78 is 55.4. The summed E-state index contributed by atoms with van der Waals surface area (Å²) >= 11 is 0. The Labute approximate surface area is 214 Å². The van der Waals surface area contributed by atoms with Crippen LogP contribution in [0.15, 0.2) is 53.4 Å². The lowest BCUT2D eigenvalue weighted by molar-refractivity contribution is -0.384. The van der Waals surface area contributed by atoms with E-state index in [-0.39, 0.29) is 27.8 Å². The standard InChI is InChI=1S/C25H26N2O9S/c1-32-21-13-16(6-7-17-14-22(33-2)25(36-5)23(15-17)34-3)12-20(24(21)35-4)26-37(30,31)19-10-8-18(9-11-19)27(28)29/h6-15,26H,1-5H3/b7-6-. The van der Waals surface area contributed by atoms with Crippen molar-refractivity contribution in [2.45, 2.75) is 4.90 Å². The molecule has 0 amide bonds. The first-order valence-electron chi connectivity index (χ1n) is 10.7. The van der Waals surface area contributed by atoms with Crippen LogP contribution in [0.2, 0.25) is 0 Å². The van der Waals surface area contributed by atoms with Gasteiger partial charge < -0.3 is 23.7 Å². The number of benzene rings is 3. The SMILES string of the molecule is COc1cc(/C=C\c2cc(OC)c(OC)c(OC)c2)cc(NS(=O)(=O)c2ccc([N+](=O)[O-])cc2)c1OC. The van der Waals surface area contributed by atoms with Gasteiger partial charge in [0.15, 0.2) is 23.0 Å². The fourth-order valence-electron chi connectivity index (χ4n) is 3.50. The average molecular weight is 531 g/mol. The first-order valence-corrected chi connectivity index (χ1v) is 12.2. The quantitative estimate of drug-likeness (QED) is 0.214. The lowest BCUT2D eigenvalue weighted by atomic mass is 10.1. The molecule has 0 fully saturated rings. The molecule has 0 heterocycles. The summed E-state index contributed by atoms with van der Waals surface area (Å²) in [4.78, 5) is 10.1. The van der Waals surface area contributed by atoms with Gasteiger partial charge in [-0.2, -0.15) is 0 Å². The maximum Gasteiger partial charge on any atom is 0.269 e. The fourth-order valence-corrected chi connectivity index (χ4v) is 4.55. The van der Waals surface area contributed by atoms with Crippen molar-refractivity contribution in [1.82, 2.24) is 0 Å². The second-order valence-corrected chi connectivity index (χ2v) is 9.13. The summed E-state index contributed by atoms with van der Waals surface area (Å²) in [6.45, 7) is 0. The minimum absolute atomic E-state index is 0.116. The van der Waals surface area contributed by atoms with Gasteiger partial charge in [-0.1, -0.05) is 12.2 Å². The molecule has 0 aliphatic heterocycles. The second-order valence-electron chi connectivity index (χ2n) is 7.45. The van der Waals surface area contributed by atoms with Gasteiger partial charge in [0.2, 0.25) is 5.75 Å². The Kier molecular flexibility index (Phi) is 8.45.